The first kappa shape index (κ1) is 19.1. The predicted octanol–water partition coefficient (Wildman–Crippen LogP) is 2.68. The Hall–Kier alpha value is -2.22. The van der Waals surface area contributed by atoms with E-state index < -0.39 is 0 Å². The molecule has 0 saturated carbocycles. The monoisotopic (exact) mass is 397 g/mol. The van der Waals surface area contributed by atoms with E-state index in [0.29, 0.717) is 6.54 Å². The highest BCUT2D eigenvalue weighted by Gasteiger charge is 2.22. The van der Waals surface area contributed by atoms with E-state index in [4.69, 9.17) is 0 Å². The molecule has 6 nitrogen and oxygen atoms in total. The van der Waals surface area contributed by atoms with Crippen LogP contribution < -0.4 is 5.32 Å². The molecule has 0 aromatic carbocycles. The lowest BCUT2D eigenvalue weighted by Crippen LogP contribution is -2.46. The Balaban J connectivity index is 1.56. The number of fused-ring (bicyclic) bond motifs is 1. The summed E-state index contributed by atoms with van der Waals surface area (Å²) in [4.78, 5) is 23.9. The molecule has 1 saturated heterocycles. The van der Waals surface area contributed by atoms with E-state index >= 15 is 0 Å². The molecule has 1 aliphatic rings. The second-order valence-corrected chi connectivity index (χ2v) is 8.49. The quantitative estimate of drug-likeness (QED) is 0.719. The molecular formula is C21H27N5OS. The van der Waals surface area contributed by atoms with Gasteiger partial charge in [-0.2, -0.15) is 0 Å². The maximum Gasteiger partial charge on any atom is 0.263 e. The van der Waals surface area contributed by atoms with Crippen molar-refractivity contribution in [2.24, 2.45) is 0 Å². The van der Waals surface area contributed by atoms with Gasteiger partial charge in [-0.1, -0.05) is 0 Å². The fourth-order valence-corrected chi connectivity index (χ4v) is 4.84. The maximum atomic E-state index is 13.1. The van der Waals surface area contributed by atoms with Gasteiger partial charge in [-0.25, -0.2) is 4.98 Å². The third-order valence-electron chi connectivity index (χ3n) is 5.45. The summed E-state index contributed by atoms with van der Waals surface area (Å²) in [5.41, 5.74) is 3.19. The summed E-state index contributed by atoms with van der Waals surface area (Å²) in [5, 5.41) is 4.16. The number of carbonyl (C=O) groups is 1. The number of amides is 1. The Kier molecular flexibility index (Phi) is 5.48. The highest BCUT2D eigenvalue weighted by Crippen LogP contribution is 2.34. The summed E-state index contributed by atoms with van der Waals surface area (Å²) < 4.78 is 2.16. The number of nitrogens with one attached hydrogen (secondary N) is 1. The van der Waals surface area contributed by atoms with Gasteiger partial charge in [0, 0.05) is 62.2 Å². The van der Waals surface area contributed by atoms with Crippen molar-refractivity contribution in [1.82, 2.24) is 24.7 Å². The number of rotatable bonds is 5. The van der Waals surface area contributed by atoms with Gasteiger partial charge in [0.2, 0.25) is 0 Å². The van der Waals surface area contributed by atoms with Crippen molar-refractivity contribution in [1.29, 1.82) is 0 Å². The number of piperazine rings is 1. The summed E-state index contributed by atoms with van der Waals surface area (Å²) in [6.07, 6.45) is 1.78. The lowest BCUT2D eigenvalue weighted by atomic mass is 10.2. The Morgan fingerprint density at radius 1 is 1.14 bits per heavy atom. The molecule has 148 valence electrons. The third kappa shape index (κ3) is 3.70. The third-order valence-corrected chi connectivity index (χ3v) is 6.55. The standard InChI is InChI=1S/C21H27N5OS/c1-15-6-7-16(2)26(15)18-17-5-4-8-23-21(17)28-19(18)20(27)22-9-10-25-13-11-24(3)12-14-25/h4-8H,9-14H2,1-3H3,(H,22,27). The van der Waals surface area contributed by atoms with Crippen LogP contribution in [0.4, 0.5) is 0 Å². The molecule has 0 bridgehead atoms. The smallest absolute Gasteiger partial charge is 0.263 e. The largest absolute Gasteiger partial charge is 0.350 e. The van der Waals surface area contributed by atoms with E-state index in [2.05, 4.69) is 57.7 Å². The van der Waals surface area contributed by atoms with Crippen molar-refractivity contribution in [3.63, 3.8) is 0 Å². The highest BCUT2D eigenvalue weighted by atomic mass is 32.1. The Morgan fingerprint density at radius 2 is 1.86 bits per heavy atom. The van der Waals surface area contributed by atoms with Crippen LogP contribution in [0.5, 0.6) is 0 Å². The van der Waals surface area contributed by atoms with E-state index in [1.54, 1.807) is 6.20 Å². The highest BCUT2D eigenvalue weighted by molar-refractivity contribution is 7.21. The average Bonchev–Trinajstić information content (AvgIpc) is 3.23. The van der Waals surface area contributed by atoms with Gasteiger partial charge in [-0.05, 0) is 45.2 Å². The molecule has 1 N–H and O–H groups in total. The number of hydrogen-bond acceptors (Lipinski definition) is 5. The van der Waals surface area contributed by atoms with E-state index in [1.165, 1.54) is 11.3 Å². The van der Waals surface area contributed by atoms with E-state index in [1.807, 2.05) is 12.1 Å². The number of thiophene rings is 1. The molecule has 4 rings (SSSR count). The number of likely N-dealkylation sites (N-methyl/N-ethyl adjacent to an activating group) is 1. The summed E-state index contributed by atoms with van der Waals surface area (Å²) in [6, 6.07) is 8.16. The summed E-state index contributed by atoms with van der Waals surface area (Å²) in [7, 11) is 2.15. The van der Waals surface area contributed by atoms with Crippen LogP contribution in [0.15, 0.2) is 30.5 Å². The van der Waals surface area contributed by atoms with Crippen molar-refractivity contribution in [3.05, 3.63) is 46.7 Å². The average molecular weight is 398 g/mol. The maximum absolute atomic E-state index is 13.1. The van der Waals surface area contributed by atoms with Crippen LogP contribution in [0.1, 0.15) is 21.1 Å². The van der Waals surface area contributed by atoms with Crippen LogP contribution >= 0.6 is 11.3 Å². The molecule has 0 radical (unpaired) electrons. The predicted molar refractivity (Wildman–Crippen MR) is 115 cm³/mol. The van der Waals surface area contributed by atoms with Crippen LogP contribution in [0.2, 0.25) is 0 Å². The molecule has 3 aromatic heterocycles. The molecule has 0 atom stereocenters. The van der Waals surface area contributed by atoms with Gasteiger partial charge in [0.15, 0.2) is 0 Å². The van der Waals surface area contributed by atoms with E-state index in [0.717, 1.165) is 64.9 Å². The topological polar surface area (TPSA) is 53.4 Å². The van der Waals surface area contributed by atoms with Gasteiger partial charge in [0.05, 0.1) is 5.69 Å². The van der Waals surface area contributed by atoms with Crippen LogP contribution in [0, 0.1) is 13.8 Å². The number of hydrogen-bond donors (Lipinski definition) is 1. The van der Waals surface area contributed by atoms with Crippen LogP contribution in [-0.2, 0) is 0 Å². The van der Waals surface area contributed by atoms with Gasteiger partial charge < -0.3 is 14.8 Å². The Labute approximate surface area is 169 Å². The lowest BCUT2D eigenvalue weighted by Gasteiger charge is -2.32. The van der Waals surface area contributed by atoms with Crippen LogP contribution in [0.25, 0.3) is 15.9 Å². The van der Waals surface area contributed by atoms with Gasteiger partial charge in [0.25, 0.3) is 5.91 Å². The zero-order valence-corrected chi connectivity index (χ0v) is 17.6. The van der Waals surface area contributed by atoms with Crippen molar-refractivity contribution < 1.29 is 4.79 Å². The molecule has 28 heavy (non-hydrogen) atoms. The minimum atomic E-state index is -0.0142. The first-order valence-corrected chi connectivity index (χ1v) is 10.6. The lowest BCUT2D eigenvalue weighted by molar-refractivity contribution is 0.0945. The number of aryl methyl sites for hydroxylation is 2. The van der Waals surface area contributed by atoms with Gasteiger partial charge in [0.1, 0.15) is 9.71 Å². The first-order chi connectivity index (χ1) is 13.5. The molecule has 0 spiro atoms. The fourth-order valence-electron chi connectivity index (χ4n) is 3.80. The zero-order chi connectivity index (χ0) is 19.7. The molecule has 3 aromatic rings. The number of pyridine rings is 1. The number of nitrogens with zero attached hydrogens (tertiary/aromatic N) is 4. The van der Waals surface area contributed by atoms with Gasteiger partial charge >= 0.3 is 0 Å². The summed E-state index contributed by atoms with van der Waals surface area (Å²) in [5.74, 6) is -0.0142. The number of carbonyl (C=O) groups excluding carboxylic acids is 1. The van der Waals surface area contributed by atoms with E-state index in [9.17, 15) is 4.79 Å². The molecule has 1 amide bonds. The normalized spacial score (nSPS) is 16.0. The Bertz CT molecular complexity index is 965. The van der Waals surface area contributed by atoms with Gasteiger partial charge in [-0.15, -0.1) is 11.3 Å². The molecule has 4 heterocycles. The Morgan fingerprint density at radius 3 is 2.57 bits per heavy atom. The summed E-state index contributed by atoms with van der Waals surface area (Å²) in [6.45, 7) is 9.99. The fraction of sp³-hybridized carbons (Fsp3) is 0.429. The molecular weight excluding hydrogens is 370 g/mol. The van der Waals surface area contributed by atoms with E-state index in [-0.39, 0.29) is 5.91 Å². The molecule has 1 fully saturated rings. The van der Waals surface area contributed by atoms with Crippen molar-refractivity contribution in [3.8, 4) is 5.69 Å². The SMILES string of the molecule is Cc1ccc(C)n1-c1c(C(=O)NCCN2CCN(C)CC2)sc2ncccc12. The second kappa shape index (κ2) is 8.03. The van der Waals surface area contributed by atoms with Gasteiger partial charge in [-0.3, -0.25) is 9.69 Å². The minimum Gasteiger partial charge on any atom is -0.350 e. The van der Waals surface area contributed by atoms with Crippen molar-refractivity contribution >= 4 is 27.5 Å². The minimum absolute atomic E-state index is 0.0142. The summed E-state index contributed by atoms with van der Waals surface area (Å²) >= 11 is 1.47. The molecule has 1 aliphatic heterocycles. The molecule has 0 unspecified atom stereocenters. The second-order valence-electron chi connectivity index (χ2n) is 7.49. The zero-order valence-electron chi connectivity index (χ0n) is 16.7. The van der Waals surface area contributed by atoms with Crippen molar-refractivity contribution in [2.75, 3.05) is 46.3 Å². The van der Waals surface area contributed by atoms with Crippen LogP contribution in [0.3, 0.4) is 0 Å². The molecule has 0 aliphatic carbocycles. The van der Waals surface area contributed by atoms with Crippen LogP contribution in [-0.4, -0.2) is 71.6 Å². The molecule has 7 heteroatoms. The number of aromatic nitrogens is 2. The van der Waals surface area contributed by atoms with Crippen molar-refractivity contribution in [2.45, 2.75) is 13.8 Å². The first-order valence-electron chi connectivity index (χ1n) is 9.76.